The number of β-lactam (4-membered cyclic amide) rings is 1. The van der Waals surface area contributed by atoms with E-state index in [1.54, 1.807) is 34.0 Å². The number of thioether (sulfide) groups is 1. The molecule has 15 nitrogen and oxygen atoms in total. The van der Waals surface area contributed by atoms with Gasteiger partial charge < -0.3 is 36.8 Å². The molecule has 218 valence electrons. The first-order chi connectivity index (χ1) is 20.1. The van der Waals surface area contributed by atoms with E-state index in [9.17, 15) is 34.3 Å². The van der Waals surface area contributed by atoms with Gasteiger partial charge in [-0.2, -0.15) is 4.57 Å². The first kappa shape index (κ1) is 28.7. The summed E-state index contributed by atoms with van der Waals surface area (Å²) in [5.74, 6) is -3.76. The van der Waals surface area contributed by atoms with E-state index in [2.05, 4.69) is 15.5 Å². The van der Waals surface area contributed by atoms with E-state index in [1.165, 1.54) is 23.2 Å². The van der Waals surface area contributed by atoms with Crippen molar-refractivity contribution in [2.45, 2.75) is 30.9 Å². The SMILES string of the molecule is NC(=O)C[n+]1ccc(CN2CC/C(=C\C3=C(C(=O)[O-])N4C(=O)[C@@H](NC(=O)/C(=N\O)c5csc(N)n5)[C@H]4SC3)C2=O)cc1. The van der Waals surface area contributed by atoms with E-state index < -0.39 is 40.8 Å². The second-order valence-electron chi connectivity index (χ2n) is 9.53. The molecule has 0 aromatic carbocycles. The van der Waals surface area contributed by atoms with Crippen LogP contribution in [0, 0.1) is 0 Å². The van der Waals surface area contributed by atoms with Gasteiger partial charge in [-0.25, -0.2) is 4.98 Å². The molecule has 0 aliphatic carbocycles. The number of likely N-dealkylation sites (tertiary alicyclic amines) is 1. The number of nitrogens with one attached hydrogen (secondary N) is 1. The maximum absolute atomic E-state index is 13.1. The molecule has 2 atom stereocenters. The number of nitrogens with two attached hydrogens (primary N) is 2. The van der Waals surface area contributed by atoms with Crippen molar-refractivity contribution in [3.63, 3.8) is 0 Å². The number of aliphatic carboxylic acids is 1. The van der Waals surface area contributed by atoms with Crippen LogP contribution >= 0.6 is 23.1 Å². The minimum absolute atomic E-state index is 0.0240. The summed E-state index contributed by atoms with van der Waals surface area (Å²) < 4.78 is 1.62. The number of allylic oxidation sites excluding steroid dienone is 1. The number of hydrogen-bond donors (Lipinski definition) is 4. The molecule has 0 unspecified atom stereocenters. The number of primary amides is 1. The fourth-order valence-corrected chi connectivity index (χ4v) is 6.68. The van der Waals surface area contributed by atoms with Crippen molar-refractivity contribution < 1.29 is 38.9 Å². The molecule has 2 aromatic heterocycles. The van der Waals surface area contributed by atoms with E-state index >= 15 is 0 Å². The molecule has 3 aliphatic rings. The highest BCUT2D eigenvalue weighted by atomic mass is 32.2. The third-order valence-corrected chi connectivity index (χ3v) is 8.77. The topological polar surface area (TPSA) is 228 Å². The van der Waals surface area contributed by atoms with Gasteiger partial charge in [0.05, 0.1) is 11.7 Å². The lowest BCUT2D eigenvalue weighted by molar-refractivity contribution is -0.684. The number of carboxylic acid groups (broad SMARTS) is 1. The normalized spacial score (nSPS) is 21.4. The highest BCUT2D eigenvalue weighted by molar-refractivity contribution is 8.00. The summed E-state index contributed by atoms with van der Waals surface area (Å²) in [6.07, 6.45) is 5.25. The maximum atomic E-state index is 13.1. The molecular formula is C25H24N8O7S2. The van der Waals surface area contributed by atoms with Gasteiger partial charge in [0.25, 0.3) is 17.7 Å². The van der Waals surface area contributed by atoms with Crippen molar-refractivity contribution in [1.29, 1.82) is 0 Å². The predicted molar refractivity (Wildman–Crippen MR) is 146 cm³/mol. The van der Waals surface area contributed by atoms with Gasteiger partial charge in [0.1, 0.15) is 17.1 Å². The zero-order valence-corrected chi connectivity index (χ0v) is 23.4. The molecule has 6 N–H and O–H groups in total. The number of anilines is 1. The van der Waals surface area contributed by atoms with Crippen LogP contribution in [0.25, 0.3) is 0 Å². The van der Waals surface area contributed by atoms with Gasteiger partial charge >= 0.3 is 0 Å². The standard InChI is InChI=1S/C25H24N8O7S2/c26-16(34)9-31-4-1-12(2-5-31)8-32-6-3-13(21(32)36)7-14-10-41-23-18(22(37)33(23)19(14)24(38)39)29-20(35)17(30-40)15-11-42-25(27)28-15/h1-2,4-5,7,11,18,23H,3,6,8-10H2,(H6-,26,27,28,29,34,35,38,39,40)/b13-7+/t18-,23-/m1/s1. The van der Waals surface area contributed by atoms with E-state index in [1.807, 2.05) is 0 Å². The summed E-state index contributed by atoms with van der Waals surface area (Å²) in [5.41, 5.74) is 11.5. The Hall–Kier alpha value is -4.77. The van der Waals surface area contributed by atoms with Crippen molar-refractivity contribution in [3.05, 3.63) is 64.1 Å². The van der Waals surface area contributed by atoms with Gasteiger partial charge in [-0.3, -0.25) is 24.1 Å². The number of carbonyl (C=O) groups excluding carboxylic acids is 5. The maximum Gasteiger partial charge on any atom is 0.283 e. The van der Waals surface area contributed by atoms with Crippen LogP contribution in [-0.4, -0.2) is 79.0 Å². The van der Waals surface area contributed by atoms with E-state index in [-0.39, 0.29) is 40.3 Å². The van der Waals surface area contributed by atoms with Gasteiger partial charge in [-0.05, 0) is 23.6 Å². The number of nitrogen functional groups attached to an aromatic ring is 1. The summed E-state index contributed by atoms with van der Waals surface area (Å²) in [7, 11) is 0. The minimum Gasteiger partial charge on any atom is -0.543 e. The Balaban J connectivity index is 1.28. The smallest absolute Gasteiger partial charge is 0.283 e. The Bertz CT molecular complexity index is 1580. The third kappa shape index (κ3) is 5.55. The van der Waals surface area contributed by atoms with Crippen LogP contribution < -0.4 is 26.5 Å². The molecule has 17 heteroatoms. The van der Waals surface area contributed by atoms with Gasteiger partial charge in [0.2, 0.25) is 12.5 Å². The Labute approximate surface area is 246 Å². The van der Waals surface area contributed by atoms with Gasteiger partial charge in [0, 0.05) is 41.9 Å². The fraction of sp³-hybridized carbons (Fsp3) is 0.280. The molecule has 0 saturated carbocycles. The number of pyridine rings is 1. The van der Waals surface area contributed by atoms with Crippen LogP contribution in [0.1, 0.15) is 17.7 Å². The molecule has 5 rings (SSSR count). The largest absolute Gasteiger partial charge is 0.543 e. The average Bonchev–Trinajstić information content (AvgIpc) is 3.53. The molecular weight excluding hydrogens is 588 g/mol. The Morgan fingerprint density at radius 3 is 2.64 bits per heavy atom. The Kier molecular flexibility index (Phi) is 7.95. The van der Waals surface area contributed by atoms with Crippen LogP contribution in [0.2, 0.25) is 0 Å². The minimum atomic E-state index is -1.59. The number of oxime groups is 1. The molecule has 2 saturated heterocycles. The number of hydrogen-bond acceptors (Lipinski definition) is 12. The van der Waals surface area contributed by atoms with Crippen molar-refractivity contribution in [1.82, 2.24) is 20.1 Å². The molecule has 0 spiro atoms. The van der Waals surface area contributed by atoms with Gasteiger partial charge in [0.15, 0.2) is 23.2 Å². The zero-order valence-electron chi connectivity index (χ0n) is 21.8. The average molecular weight is 613 g/mol. The van der Waals surface area contributed by atoms with Crippen LogP contribution in [0.15, 0.2) is 58.0 Å². The van der Waals surface area contributed by atoms with Crippen LogP contribution in [0.4, 0.5) is 5.13 Å². The highest BCUT2D eigenvalue weighted by Crippen LogP contribution is 2.41. The van der Waals surface area contributed by atoms with Crippen LogP contribution in [0.3, 0.4) is 0 Å². The number of nitrogens with zero attached hydrogens (tertiary/aromatic N) is 5. The summed E-state index contributed by atoms with van der Waals surface area (Å²) in [6, 6.07) is 2.47. The summed E-state index contributed by atoms with van der Waals surface area (Å²) in [4.78, 5) is 68.6. The van der Waals surface area contributed by atoms with Crippen LogP contribution in [-0.2, 0) is 37.1 Å². The van der Waals surface area contributed by atoms with Gasteiger partial charge in [-0.15, -0.1) is 23.1 Å². The Morgan fingerprint density at radius 1 is 1.29 bits per heavy atom. The predicted octanol–water partition coefficient (Wildman–Crippen LogP) is -2.56. The quantitative estimate of drug-likeness (QED) is 0.0578. The van der Waals surface area contributed by atoms with Gasteiger partial charge in [-0.1, -0.05) is 5.16 Å². The summed E-state index contributed by atoms with van der Waals surface area (Å²) in [6.45, 7) is 0.771. The molecule has 3 aliphatic heterocycles. The molecule has 2 fully saturated rings. The number of fused-ring (bicyclic) bond motifs is 1. The number of rotatable bonds is 9. The highest BCUT2D eigenvalue weighted by Gasteiger charge is 2.53. The first-order valence-corrected chi connectivity index (χ1v) is 14.4. The lowest BCUT2D eigenvalue weighted by Crippen LogP contribution is -2.71. The molecule has 4 amide bonds. The van der Waals surface area contributed by atoms with Crippen LogP contribution in [0.5, 0.6) is 0 Å². The van der Waals surface area contributed by atoms with Crippen molar-refractivity contribution in [2.75, 3.05) is 18.0 Å². The lowest BCUT2D eigenvalue weighted by Gasteiger charge is -2.50. The molecule has 5 heterocycles. The Morgan fingerprint density at radius 2 is 2.02 bits per heavy atom. The number of amides is 4. The number of carboxylic acids is 1. The van der Waals surface area contributed by atoms with Crippen molar-refractivity contribution in [3.8, 4) is 0 Å². The monoisotopic (exact) mass is 612 g/mol. The fourth-order valence-electron chi connectivity index (χ4n) is 4.82. The molecule has 42 heavy (non-hydrogen) atoms. The second kappa shape index (κ2) is 11.6. The summed E-state index contributed by atoms with van der Waals surface area (Å²) >= 11 is 2.24. The molecule has 2 aromatic rings. The van der Waals surface area contributed by atoms with E-state index in [0.717, 1.165) is 21.8 Å². The first-order valence-electron chi connectivity index (χ1n) is 12.5. The second-order valence-corrected chi connectivity index (χ2v) is 11.5. The lowest BCUT2D eigenvalue weighted by atomic mass is 10.0. The van der Waals surface area contributed by atoms with E-state index in [4.69, 9.17) is 11.5 Å². The number of thiazole rings is 1. The number of aromatic nitrogens is 2. The van der Waals surface area contributed by atoms with Crippen molar-refractivity contribution >= 4 is 63.5 Å². The van der Waals surface area contributed by atoms with E-state index in [0.29, 0.717) is 25.1 Å². The number of carbonyl (C=O) groups is 5. The van der Waals surface area contributed by atoms with Crippen molar-refractivity contribution in [2.24, 2.45) is 10.9 Å². The summed E-state index contributed by atoms with van der Waals surface area (Å²) in [5, 5.41) is 27.7. The zero-order chi connectivity index (χ0) is 30.1. The molecule has 0 bridgehead atoms. The molecule has 0 radical (unpaired) electrons. The third-order valence-electron chi connectivity index (χ3n) is 6.79.